The zero-order valence-corrected chi connectivity index (χ0v) is 21.2. The maximum Gasteiger partial charge on any atom is 0.416 e. The Hall–Kier alpha value is -3.74. The minimum Gasteiger partial charge on any atom is -0.463 e. The Balaban J connectivity index is 1.95. The van der Waals surface area contributed by atoms with Crippen molar-refractivity contribution < 1.29 is 40.3 Å². The number of alkyl halides is 6. The van der Waals surface area contributed by atoms with Crippen LogP contribution in [0.25, 0.3) is 11.1 Å². The van der Waals surface area contributed by atoms with Crippen LogP contribution in [0.1, 0.15) is 33.6 Å². The number of halogens is 7. The second-order valence-electron chi connectivity index (χ2n) is 9.00. The van der Waals surface area contributed by atoms with E-state index in [1.54, 1.807) is 0 Å². The summed E-state index contributed by atoms with van der Waals surface area (Å²) in [6.45, 7) is 0.346. The van der Waals surface area contributed by atoms with Crippen LogP contribution in [0.2, 0.25) is 0 Å². The zero-order valence-electron chi connectivity index (χ0n) is 21.2. The van der Waals surface area contributed by atoms with Crippen molar-refractivity contribution in [2.75, 3.05) is 34.3 Å². The van der Waals surface area contributed by atoms with E-state index in [1.807, 2.05) is 19.0 Å². The van der Waals surface area contributed by atoms with Crippen LogP contribution >= 0.6 is 0 Å². The molecular formula is C26H25F7N4O2. The van der Waals surface area contributed by atoms with Gasteiger partial charge in [-0.15, -0.1) is 0 Å². The van der Waals surface area contributed by atoms with E-state index in [9.17, 15) is 35.5 Å². The topological polar surface area (TPSA) is 58.6 Å². The van der Waals surface area contributed by atoms with Crippen LogP contribution in [0.3, 0.4) is 0 Å². The highest BCUT2D eigenvalue weighted by molar-refractivity contribution is 5.98. The van der Waals surface area contributed by atoms with Crippen LogP contribution in [0.4, 0.5) is 30.7 Å². The van der Waals surface area contributed by atoms with Gasteiger partial charge in [-0.25, -0.2) is 9.37 Å². The van der Waals surface area contributed by atoms with Crippen molar-refractivity contribution >= 4 is 5.91 Å². The number of carbonyl (C=O) groups excluding carboxylic acids is 1. The summed E-state index contributed by atoms with van der Waals surface area (Å²) in [6.07, 6.45) is -8.15. The van der Waals surface area contributed by atoms with Gasteiger partial charge >= 0.3 is 18.4 Å². The molecule has 2 aromatic carbocycles. The van der Waals surface area contributed by atoms with E-state index in [0.717, 1.165) is 17.0 Å². The summed E-state index contributed by atoms with van der Waals surface area (Å²) in [6, 6.07) is 6.05. The Morgan fingerprint density at radius 2 is 1.51 bits per heavy atom. The predicted molar refractivity (Wildman–Crippen MR) is 128 cm³/mol. The molecule has 6 nitrogen and oxygen atoms in total. The first-order valence-corrected chi connectivity index (χ1v) is 11.6. The number of rotatable bonds is 9. The second kappa shape index (κ2) is 12.0. The van der Waals surface area contributed by atoms with Crippen LogP contribution in [-0.2, 0) is 18.9 Å². The molecule has 0 aliphatic rings. The molecule has 1 heterocycles. The van der Waals surface area contributed by atoms with Crippen molar-refractivity contribution in [3.63, 3.8) is 0 Å². The number of aromatic nitrogens is 2. The van der Waals surface area contributed by atoms with Gasteiger partial charge in [0.25, 0.3) is 5.91 Å². The van der Waals surface area contributed by atoms with Crippen molar-refractivity contribution in [3.8, 4) is 17.1 Å². The molecule has 39 heavy (non-hydrogen) atoms. The fourth-order valence-electron chi connectivity index (χ4n) is 3.62. The standard InChI is InChI=1S/C26H25F7N4O2/c1-36(2)9-4-10-39-24-34-14-21(17-5-7-20(27)8-6-17)22(35-24)23(38)37(3)15-16-11-18(25(28,29)30)13-19(12-16)26(31,32)33/h5-8,11-14H,4,9-10,15H2,1-3H3. The third-order valence-electron chi connectivity index (χ3n) is 5.52. The summed E-state index contributed by atoms with van der Waals surface area (Å²) in [5.74, 6) is -1.35. The Labute approximate surface area is 220 Å². The molecule has 0 N–H and O–H groups in total. The summed E-state index contributed by atoms with van der Waals surface area (Å²) in [4.78, 5) is 24.5. The van der Waals surface area contributed by atoms with Gasteiger partial charge in [-0.3, -0.25) is 4.79 Å². The van der Waals surface area contributed by atoms with E-state index in [4.69, 9.17) is 4.74 Å². The summed E-state index contributed by atoms with van der Waals surface area (Å²) in [5.41, 5.74) is -3.04. The number of nitrogens with zero attached hydrogens (tertiary/aromatic N) is 4. The first-order valence-electron chi connectivity index (χ1n) is 11.6. The van der Waals surface area contributed by atoms with Crippen molar-refractivity contribution in [2.45, 2.75) is 25.3 Å². The third kappa shape index (κ3) is 8.12. The first kappa shape index (κ1) is 29.8. The summed E-state index contributed by atoms with van der Waals surface area (Å²) in [7, 11) is 4.97. The molecule has 210 valence electrons. The van der Waals surface area contributed by atoms with Gasteiger partial charge in [0.2, 0.25) is 0 Å². The monoisotopic (exact) mass is 558 g/mol. The zero-order chi connectivity index (χ0) is 29.0. The van der Waals surface area contributed by atoms with Crippen molar-refractivity contribution in [1.29, 1.82) is 0 Å². The molecule has 0 aliphatic carbocycles. The Bertz CT molecular complexity index is 1260. The molecule has 0 unspecified atom stereocenters. The van der Waals surface area contributed by atoms with Gasteiger partial charge in [-0.05, 0) is 62.0 Å². The van der Waals surface area contributed by atoms with Crippen LogP contribution in [0.5, 0.6) is 6.01 Å². The van der Waals surface area contributed by atoms with Gasteiger partial charge in [0.1, 0.15) is 11.5 Å². The van der Waals surface area contributed by atoms with E-state index >= 15 is 0 Å². The van der Waals surface area contributed by atoms with Crippen molar-refractivity contribution in [3.05, 3.63) is 76.9 Å². The molecule has 0 spiro atoms. The number of hydrogen-bond donors (Lipinski definition) is 0. The van der Waals surface area contributed by atoms with E-state index in [2.05, 4.69) is 9.97 Å². The molecule has 0 aliphatic heterocycles. The lowest BCUT2D eigenvalue weighted by atomic mass is 10.0. The van der Waals surface area contributed by atoms with Gasteiger partial charge < -0.3 is 14.5 Å². The maximum atomic E-state index is 13.5. The van der Waals surface area contributed by atoms with Crippen LogP contribution in [0.15, 0.2) is 48.7 Å². The first-order chi connectivity index (χ1) is 18.1. The minimum absolute atomic E-state index is 0.0162. The van der Waals surface area contributed by atoms with Gasteiger partial charge in [-0.2, -0.15) is 31.3 Å². The largest absolute Gasteiger partial charge is 0.463 e. The highest BCUT2D eigenvalue weighted by Gasteiger charge is 2.37. The van der Waals surface area contributed by atoms with Crippen molar-refractivity contribution in [2.24, 2.45) is 0 Å². The molecule has 0 atom stereocenters. The molecule has 13 heteroatoms. The molecule has 0 saturated heterocycles. The molecule has 0 radical (unpaired) electrons. The lowest BCUT2D eigenvalue weighted by Gasteiger charge is -2.21. The van der Waals surface area contributed by atoms with Gasteiger partial charge in [0.05, 0.1) is 17.7 Å². The summed E-state index contributed by atoms with van der Waals surface area (Å²) in [5, 5.41) is 0. The fourth-order valence-corrected chi connectivity index (χ4v) is 3.62. The number of amides is 1. The smallest absolute Gasteiger partial charge is 0.416 e. The average molecular weight is 558 g/mol. The summed E-state index contributed by atoms with van der Waals surface area (Å²) >= 11 is 0. The minimum atomic E-state index is -5.03. The number of carbonyl (C=O) groups is 1. The normalized spacial score (nSPS) is 12.1. The molecule has 3 rings (SSSR count). The van der Waals surface area contributed by atoms with Gasteiger partial charge in [-0.1, -0.05) is 12.1 Å². The third-order valence-corrected chi connectivity index (χ3v) is 5.52. The van der Waals surface area contributed by atoms with E-state index in [1.165, 1.54) is 25.4 Å². The Kier molecular flexibility index (Phi) is 9.15. The van der Waals surface area contributed by atoms with Gasteiger partial charge in [0.15, 0.2) is 0 Å². The van der Waals surface area contributed by atoms with E-state index in [-0.39, 0.29) is 35.5 Å². The molecule has 0 bridgehead atoms. The quantitative estimate of drug-likeness (QED) is 0.241. The highest BCUT2D eigenvalue weighted by atomic mass is 19.4. The Morgan fingerprint density at radius 3 is 2.05 bits per heavy atom. The Morgan fingerprint density at radius 1 is 0.923 bits per heavy atom. The molecule has 1 amide bonds. The van der Waals surface area contributed by atoms with Crippen molar-refractivity contribution in [1.82, 2.24) is 19.8 Å². The molecule has 0 saturated carbocycles. The summed E-state index contributed by atoms with van der Waals surface area (Å²) < 4.78 is 98.6. The van der Waals surface area contributed by atoms with Crippen LogP contribution in [0, 0.1) is 5.82 Å². The van der Waals surface area contributed by atoms with E-state index < -0.39 is 41.7 Å². The predicted octanol–water partition coefficient (Wildman–Crippen LogP) is 5.92. The van der Waals surface area contributed by atoms with E-state index in [0.29, 0.717) is 30.7 Å². The molecule has 1 aromatic heterocycles. The lowest BCUT2D eigenvalue weighted by Crippen LogP contribution is -2.28. The SMILES string of the molecule is CN(C)CCCOc1ncc(-c2ccc(F)cc2)c(C(=O)N(C)Cc2cc(C(F)(F)F)cc(C(F)(F)F)c2)n1. The lowest BCUT2D eigenvalue weighted by molar-refractivity contribution is -0.143. The van der Waals surface area contributed by atoms with Crippen LogP contribution in [-0.4, -0.2) is 60.0 Å². The average Bonchev–Trinajstić information content (AvgIpc) is 2.85. The number of ether oxygens (including phenoxy) is 1. The fraction of sp³-hybridized carbons (Fsp3) is 0.346. The number of hydrogen-bond acceptors (Lipinski definition) is 5. The number of benzene rings is 2. The molecular weight excluding hydrogens is 533 g/mol. The van der Waals surface area contributed by atoms with Gasteiger partial charge in [0, 0.05) is 31.9 Å². The molecule has 3 aromatic rings. The second-order valence-corrected chi connectivity index (χ2v) is 9.00. The maximum absolute atomic E-state index is 13.5. The highest BCUT2D eigenvalue weighted by Crippen LogP contribution is 2.36. The molecule has 0 fully saturated rings. The van der Waals surface area contributed by atoms with Crippen LogP contribution < -0.4 is 4.74 Å².